The first-order chi connectivity index (χ1) is 16.0. The fourth-order valence-electron chi connectivity index (χ4n) is 3.49. The van der Waals surface area contributed by atoms with Crippen LogP contribution in [0, 0.1) is 0 Å². The Labute approximate surface area is 188 Å². The summed E-state index contributed by atoms with van der Waals surface area (Å²) >= 11 is 0. The van der Waals surface area contributed by atoms with Crippen molar-refractivity contribution in [1.29, 1.82) is 0 Å². The van der Waals surface area contributed by atoms with Gasteiger partial charge in [0.05, 0.1) is 36.3 Å². The second-order valence-corrected chi connectivity index (χ2v) is 7.69. The lowest BCUT2D eigenvalue weighted by Crippen LogP contribution is -2.15. The molecule has 0 saturated heterocycles. The number of primary amides is 1. The highest BCUT2D eigenvalue weighted by atomic mass is 16.5. The molecule has 0 bridgehead atoms. The predicted octanol–water partition coefficient (Wildman–Crippen LogP) is 2.40. The van der Waals surface area contributed by atoms with Crippen LogP contribution in [0.4, 0.5) is 22.9 Å². The van der Waals surface area contributed by atoms with Crippen LogP contribution in [0.3, 0.4) is 0 Å². The van der Waals surface area contributed by atoms with Crippen LogP contribution < -0.4 is 21.1 Å². The van der Waals surface area contributed by atoms with Gasteiger partial charge < -0.3 is 21.1 Å². The maximum Gasteiger partial charge on any atom is 0.254 e. The van der Waals surface area contributed by atoms with Crippen molar-refractivity contribution in [3.05, 3.63) is 48.9 Å². The van der Waals surface area contributed by atoms with Gasteiger partial charge in [0.2, 0.25) is 0 Å². The Morgan fingerprint density at radius 3 is 2.73 bits per heavy atom. The number of amides is 1. The SMILES string of the molecule is COc1c(Nc2ncncc2C(N)=O)cc(Nc2cnn(C3CC3)c2)cc1-c1ncn(C)n1. The van der Waals surface area contributed by atoms with Gasteiger partial charge in [0.25, 0.3) is 5.91 Å². The summed E-state index contributed by atoms with van der Waals surface area (Å²) in [5.41, 5.74) is 8.42. The van der Waals surface area contributed by atoms with Gasteiger partial charge in [-0.3, -0.25) is 14.2 Å². The van der Waals surface area contributed by atoms with Crippen molar-refractivity contribution in [2.75, 3.05) is 17.7 Å². The summed E-state index contributed by atoms with van der Waals surface area (Å²) in [5, 5.41) is 15.4. The van der Waals surface area contributed by atoms with Gasteiger partial charge in [-0.2, -0.15) is 10.2 Å². The van der Waals surface area contributed by atoms with Crippen molar-refractivity contribution in [2.45, 2.75) is 18.9 Å². The zero-order valence-corrected chi connectivity index (χ0v) is 18.1. The first-order valence-electron chi connectivity index (χ1n) is 10.3. The molecule has 33 heavy (non-hydrogen) atoms. The third-order valence-corrected chi connectivity index (χ3v) is 5.18. The van der Waals surface area contributed by atoms with Crippen LogP contribution in [0.1, 0.15) is 29.2 Å². The topological polar surface area (TPSA) is 151 Å². The minimum Gasteiger partial charge on any atom is -0.494 e. The first-order valence-corrected chi connectivity index (χ1v) is 10.3. The molecule has 12 nitrogen and oxygen atoms in total. The van der Waals surface area contributed by atoms with Crippen molar-refractivity contribution in [3.8, 4) is 17.1 Å². The molecule has 168 valence electrons. The summed E-state index contributed by atoms with van der Waals surface area (Å²) in [4.78, 5) is 24.3. The number of methoxy groups -OCH3 is 1. The predicted molar refractivity (Wildman–Crippen MR) is 121 cm³/mol. The van der Waals surface area contributed by atoms with Gasteiger partial charge in [-0.1, -0.05) is 0 Å². The zero-order valence-electron chi connectivity index (χ0n) is 18.1. The van der Waals surface area contributed by atoms with Crippen molar-refractivity contribution in [2.24, 2.45) is 12.8 Å². The molecule has 1 aliphatic carbocycles. The maximum atomic E-state index is 11.9. The number of hydrogen-bond acceptors (Lipinski definition) is 9. The number of aryl methyl sites for hydroxylation is 1. The molecule has 1 aromatic carbocycles. The Bertz CT molecular complexity index is 1320. The van der Waals surface area contributed by atoms with E-state index in [0.717, 1.165) is 24.2 Å². The number of rotatable bonds is 8. The Morgan fingerprint density at radius 1 is 1.18 bits per heavy atom. The van der Waals surface area contributed by atoms with Crippen molar-refractivity contribution in [3.63, 3.8) is 0 Å². The average Bonchev–Trinajstić information content (AvgIpc) is 3.40. The van der Waals surface area contributed by atoms with Gasteiger partial charge in [0, 0.05) is 25.1 Å². The number of aromatic nitrogens is 7. The van der Waals surface area contributed by atoms with Gasteiger partial charge in [-0.25, -0.2) is 15.0 Å². The standard InChI is InChI=1S/C21H22N10O2/c1-30-11-25-21(29-30)15-5-12(27-13-7-26-31(9-13)14-3-4-14)6-17(18(15)33-2)28-20-16(19(22)32)8-23-10-24-20/h5-11,14,27H,3-4H2,1-2H3,(H2,22,32)(H,23,24,28). The average molecular weight is 446 g/mol. The van der Waals surface area contributed by atoms with E-state index in [0.29, 0.717) is 28.9 Å². The van der Waals surface area contributed by atoms with E-state index in [9.17, 15) is 4.79 Å². The molecular weight excluding hydrogens is 424 g/mol. The third kappa shape index (κ3) is 4.18. The monoisotopic (exact) mass is 446 g/mol. The normalized spacial score (nSPS) is 13.0. The third-order valence-electron chi connectivity index (χ3n) is 5.18. The number of anilines is 4. The van der Waals surface area contributed by atoms with Crippen LogP contribution in [0.15, 0.2) is 43.4 Å². The van der Waals surface area contributed by atoms with Gasteiger partial charge in [0.15, 0.2) is 11.6 Å². The number of nitrogens with one attached hydrogen (secondary N) is 2. The van der Waals surface area contributed by atoms with E-state index in [1.54, 1.807) is 31.4 Å². The van der Waals surface area contributed by atoms with Crippen LogP contribution in [-0.2, 0) is 7.05 Å². The number of carbonyl (C=O) groups is 1. The van der Waals surface area contributed by atoms with Crippen LogP contribution in [0.5, 0.6) is 5.75 Å². The fourth-order valence-corrected chi connectivity index (χ4v) is 3.49. The van der Waals surface area contributed by atoms with E-state index < -0.39 is 5.91 Å². The van der Waals surface area contributed by atoms with Gasteiger partial charge >= 0.3 is 0 Å². The number of nitrogens with two attached hydrogens (primary N) is 1. The molecule has 12 heteroatoms. The molecule has 1 fully saturated rings. The van der Waals surface area contributed by atoms with Crippen LogP contribution in [0.25, 0.3) is 11.4 Å². The largest absolute Gasteiger partial charge is 0.494 e. The molecule has 1 saturated carbocycles. The Hall–Kier alpha value is -4.48. The molecule has 3 heterocycles. The molecule has 0 spiro atoms. The van der Waals surface area contributed by atoms with Crippen molar-refractivity contribution < 1.29 is 9.53 Å². The Morgan fingerprint density at radius 2 is 2.03 bits per heavy atom. The quantitative estimate of drug-likeness (QED) is 0.370. The van der Waals surface area contributed by atoms with Crippen LogP contribution in [0.2, 0.25) is 0 Å². The van der Waals surface area contributed by atoms with Crippen LogP contribution >= 0.6 is 0 Å². The molecule has 0 unspecified atom stereocenters. The summed E-state index contributed by atoms with van der Waals surface area (Å²) in [6.45, 7) is 0. The molecule has 1 aliphatic rings. The number of benzene rings is 1. The second-order valence-electron chi connectivity index (χ2n) is 7.69. The van der Waals surface area contributed by atoms with Gasteiger partial charge in [0.1, 0.15) is 24.0 Å². The summed E-state index contributed by atoms with van der Waals surface area (Å²) in [5.74, 6) is 0.571. The number of nitrogens with zero attached hydrogens (tertiary/aromatic N) is 7. The molecule has 0 atom stereocenters. The highest BCUT2D eigenvalue weighted by molar-refractivity contribution is 5.98. The smallest absolute Gasteiger partial charge is 0.254 e. The molecule has 3 aromatic heterocycles. The summed E-state index contributed by atoms with van der Waals surface area (Å²) in [6, 6.07) is 4.21. The van der Waals surface area contributed by atoms with E-state index in [1.165, 1.54) is 12.5 Å². The van der Waals surface area contributed by atoms with Gasteiger partial charge in [-0.15, -0.1) is 0 Å². The molecule has 4 aromatic rings. The summed E-state index contributed by atoms with van der Waals surface area (Å²) in [7, 11) is 3.34. The van der Waals surface area contributed by atoms with E-state index in [2.05, 4.69) is 35.8 Å². The molecule has 0 aliphatic heterocycles. The molecule has 0 radical (unpaired) electrons. The second kappa shape index (κ2) is 8.22. The van der Waals surface area contributed by atoms with E-state index in [1.807, 2.05) is 23.0 Å². The van der Waals surface area contributed by atoms with E-state index in [-0.39, 0.29) is 11.4 Å². The number of ether oxygens (including phenoxy) is 1. The van der Waals surface area contributed by atoms with Crippen molar-refractivity contribution in [1.82, 2.24) is 34.5 Å². The lowest BCUT2D eigenvalue weighted by Gasteiger charge is -2.17. The Balaban J connectivity index is 1.58. The van der Waals surface area contributed by atoms with Crippen LogP contribution in [-0.4, -0.2) is 47.5 Å². The zero-order chi connectivity index (χ0) is 22.9. The molecule has 5 rings (SSSR count). The minimum atomic E-state index is -0.648. The first kappa shape index (κ1) is 20.4. The molecular formula is C21H22N10O2. The van der Waals surface area contributed by atoms with E-state index >= 15 is 0 Å². The number of hydrogen-bond donors (Lipinski definition) is 3. The van der Waals surface area contributed by atoms with Gasteiger partial charge in [-0.05, 0) is 25.0 Å². The molecule has 4 N–H and O–H groups in total. The highest BCUT2D eigenvalue weighted by Crippen LogP contribution is 2.40. The minimum absolute atomic E-state index is 0.154. The lowest BCUT2D eigenvalue weighted by atomic mass is 10.1. The van der Waals surface area contributed by atoms with Crippen molar-refractivity contribution >= 4 is 28.8 Å². The fraction of sp³-hybridized carbons (Fsp3) is 0.238. The summed E-state index contributed by atoms with van der Waals surface area (Å²) < 4.78 is 9.28. The Kier molecular flexibility index (Phi) is 5.09. The summed E-state index contributed by atoms with van der Waals surface area (Å²) in [6.07, 6.45) is 10.4. The highest BCUT2D eigenvalue weighted by Gasteiger charge is 2.24. The van der Waals surface area contributed by atoms with E-state index in [4.69, 9.17) is 10.5 Å². The maximum absolute atomic E-state index is 11.9. The lowest BCUT2D eigenvalue weighted by molar-refractivity contribution is 0.100. The number of carbonyl (C=O) groups excluding carboxylic acids is 1. The molecule has 1 amide bonds.